The lowest BCUT2D eigenvalue weighted by Crippen LogP contribution is -2.21. The molecule has 0 unspecified atom stereocenters. The summed E-state index contributed by atoms with van der Waals surface area (Å²) in [6.07, 6.45) is 0. The molecule has 21 heavy (non-hydrogen) atoms. The lowest BCUT2D eigenvalue weighted by molar-refractivity contribution is 0.261. The van der Waals surface area contributed by atoms with E-state index in [1.54, 1.807) is 12.1 Å². The first kappa shape index (κ1) is 14.4. The van der Waals surface area contributed by atoms with Gasteiger partial charge in [0.1, 0.15) is 22.9 Å². The maximum absolute atomic E-state index is 11.9. The molecule has 0 aliphatic heterocycles. The minimum absolute atomic E-state index is 0.0407. The second kappa shape index (κ2) is 6.41. The molecule has 0 saturated heterocycles. The molecule has 2 amide bonds. The summed E-state index contributed by atoms with van der Waals surface area (Å²) in [6, 6.07) is 2.66. The summed E-state index contributed by atoms with van der Waals surface area (Å²) in [5.74, 6) is 1.34. The van der Waals surface area contributed by atoms with Crippen LogP contribution in [0.3, 0.4) is 0 Å². The summed E-state index contributed by atoms with van der Waals surface area (Å²) in [6.45, 7) is 0. The van der Waals surface area contributed by atoms with Crippen molar-refractivity contribution in [3.8, 4) is 17.2 Å². The minimum atomic E-state index is -0.571. The Morgan fingerprint density at radius 1 is 1.10 bits per heavy atom. The van der Waals surface area contributed by atoms with E-state index in [0.717, 1.165) is 0 Å². The molecule has 0 fully saturated rings. The largest absolute Gasteiger partial charge is 0.496 e. The number of aromatic amines is 1. The van der Waals surface area contributed by atoms with Crippen LogP contribution in [0.15, 0.2) is 12.1 Å². The summed E-state index contributed by atoms with van der Waals surface area (Å²) >= 11 is 0. The van der Waals surface area contributed by atoms with Gasteiger partial charge in [-0.25, -0.2) is 4.79 Å². The highest BCUT2D eigenvalue weighted by Gasteiger charge is 2.16. The summed E-state index contributed by atoms with van der Waals surface area (Å²) in [4.78, 5) is 11.9. The fourth-order valence-corrected chi connectivity index (χ4v) is 1.59. The molecule has 3 N–H and O–H groups in total. The van der Waals surface area contributed by atoms with Crippen molar-refractivity contribution in [2.45, 2.75) is 0 Å². The zero-order chi connectivity index (χ0) is 15.2. The van der Waals surface area contributed by atoms with Gasteiger partial charge in [0.15, 0.2) is 0 Å². The van der Waals surface area contributed by atoms with Crippen LogP contribution in [-0.2, 0) is 0 Å². The number of anilines is 2. The number of nitrogens with one attached hydrogen (secondary N) is 3. The van der Waals surface area contributed by atoms with E-state index in [0.29, 0.717) is 22.9 Å². The van der Waals surface area contributed by atoms with Gasteiger partial charge >= 0.3 is 6.03 Å². The third kappa shape index (κ3) is 3.29. The number of carbonyl (C=O) groups is 1. The molecule has 2 rings (SSSR count). The fourth-order valence-electron chi connectivity index (χ4n) is 1.59. The number of amides is 2. The molecule has 0 radical (unpaired) electrons. The second-order valence-corrected chi connectivity index (χ2v) is 3.72. The first-order chi connectivity index (χ1) is 10.2. The Balaban J connectivity index is 2.23. The summed E-state index contributed by atoms with van der Waals surface area (Å²) in [5.41, 5.74) is 0.349. The van der Waals surface area contributed by atoms with E-state index in [-0.39, 0.29) is 5.95 Å². The van der Waals surface area contributed by atoms with Crippen LogP contribution in [-0.4, -0.2) is 48.0 Å². The first-order valence-electron chi connectivity index (χ1n) is 5.79. The van der Waals surface area contributed by atoms with Crippen LogP contribution in [0, 0.1) is 0 Å². The van der Waals surface area contributed by atoms with Gasteiger partial charge in [0.25, 0.3) is 5.95 Å². The van der Waals surface area contributed by atoms with Crippen LogP contribution in [0.1, 0.15) is 0 Å². The number of rotatable bonds is 5. The smallest absolute Gasteiger partial charge is 0.326 e. The molecule has 0 saturated carbocycles. The number of ether oxygens (including phenoxy) is 3. The van der Waals surface area contributed by atoms with Crippen molar-refractivity contribution in [2.24, 2.45) is 0 Å². The summed E-state index contributed by atoms with van der Waals surface area (Å²) in [7, 11) is 4.46. The van der Waals surface area contributed by atoms with Crippen molar-refractivity contribution in [3.63, 3.8) is 0 Å². The van der Waals surface area contributed by atoms with E-state index in [9.17, 15) is 4.79 Å². The molecule has 1 heterocycles. The number of urea groups is 1. The van der Waals surface area contributed by atoms with Gasteiger partial charge in [0.2, 0.25) is 0 Å². The van der Waals surface area contributed by atoms with Gasteiger partial charge < -0.3 is 19.5 Å². The molecular weight excluding hydrogens is 280 g/mol. The zero-order valence-electron chi connectivity index (χ0n) is 11.6. The topological polar surface area (TPSA) is 123 Å². The third-order valence-corrected chi connectivity index (χ3v) is 2.52. The third-order valence-electron chi connectivity index (χ3n) is 2.52. The van der Waals surface area contributed by atoms with Crippen molar-refractivity contribution < 1.29 is 19.0 Å². The van der Waals surface area contributed by atoms with Gasteiger partial charge in [-0.2, -0.15) is 5.21 Å². The Kier molecular flexibility index (Phi) is 4.39. The van der Waals surface area contributed by atoms with Crippen molar-refractivity contribution >= 4 is 17.7 Å². The molecular formula is C11H14N6O4. The number of hydrogen-bond donors (Lipinski definition) is 3. The molecule has 0 spiro atoms. The van der Waals surface area contributed by atoms with Crippen LogP contribution < -0.4 is 24.8 Å². The minimum Gasteiger partial charge on any atom is -0.496 e. The van der Waals surface area contributed by atoms with Gasteiger partial charge in [-0.3, -0.25) is 5.32 Å². The van der Waals surface area contributed by atoms with Crippen molar-refractivity contribution in [2.75, 3.05) is 32.0 Å². The average Bonchev–Trinajstić information content (AvgIpc) is 3.00. The zero-order valence-corrected chi connectivity index (χ0v) is 11.6. The predicted molar refractivity (Wildman–Crippen MR) is 72.9 cm³/mol. The molecule has 0 bridgehead atoms. The number of aromatic nitrogens is 4. The Bertz CT molecular complexity index is 590. The Hall–Kier alpha value is -3.04. The molecule has 1 aromatic heterocycles. The maximum Gasteiger partial charge on any atom is 0.326 e. The van der Waals surface area contributed by atoms with Crippen LogP contribution in [0.25, 0.3) is 0 Å². The highest BCUT2D eigenvalue weighted by Crippen LogP contribution is 2.38. The van der Waals surface area contributed by atoms with Gasteiger partial charge in [-0.15, -0.1) is 5.10 Å². The number of nitrogens with zero attached hydrogens (tertiary/aromatic N) is 3. The van der Waals surface area contributed by atoms with E-state index >= 15 is 0 Å². The van der Waals surface area contributed by atoms with Crippen LogP contribution in [0.4, 0.5) is 16.4 Å². The van der Waals surface area contributed by atoms with E-state index in [4.69, 9.17) is 14.2 Å². The molecule has 2 aromatic rings. The predicted octanol–water partition coefficient (Wildman–Crippen LogP) is 0.869. The van der Waals surface area contributed by atoms with Gasteiger partial charge in [-0.1, -0.05) is 5.10 Å². The molecule has 0 aliphatic rings. The summed E-state index contributed by atoms with van der Waals surface area (Å²) < 4.78 is 15.6. The Morgan fingerprint density at radius 3 is 2.24 bits per heavy atom. The van der Waals surface area contributed by atoms with E-state index in [2.05, 4.69) is 31.3 Å². The summed E-state index contributed by atoms with van der Waals surface area (Å²) in [5, 5.41) is 17.8. The molecule has 112 valence electrons. The van der Waals surface area contributed by atoms with Crippen LogP contribution in [0.2, 0.25) is 0 Å². The lowest BCUT2D eigenvalue weighted by Gasteiger charge is -2.15. The molecule has 0 atom stereocenters. The number of tetrazole rings is 1. The Morgan fingerprint density at radius 2 is 1.76 bits per heavy atom. The maximum atomic E-state index is 11.9. The molecule has 10 heteroatoms. The molecule has 1 aromatic carbocycles. The quantitative estimate of drug-likeness (QED) is 0.747. The van der Waals surface area contributed by atoms with Gasteiger partial charge in [0.05, 0.1) is 21.3 Å². The Labute approximate surface area is 119 Å². The lowest BCUT2D eigenvalue weighted by atomic mass is 10.2. The van der Waals surface area contributed by atoms with Gasteiger partial charge in [0, 0.05) is 12.1 Å². The normalized spacial score (nSPS) is 9.86. The first-order valence-corrected chi connectivity index (χ1v) is 5.79. The van der Waals surface area contributed by atoms with Crippen LogP contribution >= 0.6 is 0 Å². The highest BCUT2D eigenvalue weighted by molar-refractivity contribution is 6.00. The van der Waals surface area contributed by atoms with Crippen molar-refractivity contribution in [1.29, 1.82) is 0 Å². The van der Waals surface area contributed by atoms with E-state index < -0.39 is 6.03 Å². The standard InChI is InChI=1S/C11H14N6O4/c1-19-6-4-7(20-2)9(8(5-6)21-3)12-11(18)13-10-14-16-17-15-10/h4-5H,1-3H3,(H3,12,13,14,15,16,17,18). The average molecular weight is 294 g/mol. The molecule has 10 nitrogen and oxygen atoms in total. The number of benzene rings is 1. The van der Waals surface area contributed by atoms with E-state index in [1.807, 2.05) is 0 Å². The number of hydrogen-bond acceptors (Lipinski definition) is 7. The van der Waals surface area contributed by atoms with Crippen molar-refractivity contribution in [3.05, 3.63) is 12.1 Å². The highest BCUT2D eigenvalue weighted by atomic mass is 16.5. The van der Waals surface area contributed by atoms with Gasteiger partial charge in [-0.05, 0) is 5.21 Å². The molecule has 0 aliphatic carbocycles. The van der Waals surface area contributed by atoms with Crippen molar-refractivity contribution in [1.82, 2.24) is 20.6 Å². The number of H-pyrrole nitrogens is 1. The number of methoxy groups -OCH3 is 3. The SMILES string of the molecule is COc1cc(OC)c(NC(=O)Nc2nn[nH]n2)c(OC)c1. The van der Waals surface area contributed by atoms with Crippen LogP contribution in [0.5, 0.6) is 17.2 Å². The second-order valence-electron chi connectivity index (χ2n) is 3.72. The number of carbonyl (C=O) groups excluding carboxylic acids is 1. The fraction of sp³-hybridized carbons (Fsp3) is 0.273. The van der Waals surface area contributed by atoms with E-state index in [1.165, 1.54) is 21.3 Å². The monoisotopic (exact) mass is 294 g/mol.